The van der Waals surface area contributed by atoms with Crippen LogP contribution in [0.2, 0.25) is 0 Å². The number of halogens is 1. The molecule has 0 aliphatic carbocycles. The number of hydrogen-bond acceptors (Lipinski definition) is 2. The quantitative estimate of drug-likeness (QED) is 0.862. The van der Waals surface area contributed by atoms with Crippen molar-refractivity contribution in [2.75, 3.05) is 19.6 Å². The number of nitrogens with one attached hydrogen (secondary N) is 2. The lowest BCUT2D eigenvalue weighted by molar-refractivity contribution is 0.0687. The van der Waals surface area contributed by atoms with Crippen molar-refractivity contribution in [3.8, 4) is 0 Å². The van der Waals surface area contributed by atoms with Crippen LogP contribution in [0.5, 0.6) is 0 Å². The van der Waals surface area contributed by atoms with E-state index in [4.69, 9.17) is 0 Å². The van der Waals surface area contributed by atoms with E-state index < -0.39 is 0 Å². The van der Waals surface area contributed by atoms with Gasteiger partial charge in [0, 0.05) is 25.3 Å². The van der Waals surface area contributed by atoms with Crippen molar-refractivity contribution in [2.24, 2.45) is 0 Å². The van der Waals surface area contributed by atoms with Crippen LogP contribution in [0.15, 0.2) is 18.3 Å². The molecule has 1 aliphatic rings. The summed E-state index contributed by atoms with van der Waals surface area (Å²) < 4.78 is 0. The summed E-state index contributed by atoms with van der Waals surface area (Å²) in [4.78, 5) is 17.2. The maximum absolute atomic E-state index is 12.2. The molecule has 1 aromatic heterocycles. The molecule has 96 valence electrons. The second kappa shape index (κ2) is 6.67. The summed E-state index contributed by atoms with van der Waals surface area (Å²) in [6.07, 6.45) is 3.86. The summed E-state index contributed by atoms with van der Waals surface area (Å²) in [7, 11) is 0. The van der Waals surface area contributed by atoms with Gasteiger partial charge in [-0.2, -0.15) is 0 Å². The van der Waals surface area contributed by atoms with E-state index in [9.17, 15) is 4.79 Å². The molecule has 0 aromatic carbocycles. The van der Waals surface area contributed by atoms with Gasteiger partial charge < -0.3 is 15.2 Å². The molecule has 1 unspecified atom stereocenters. The Morgan fingerprint density at radius 2 is 2.41 bits per heavy atom. The highest BCUT2D eigenvalue weighted by Crippen LogP contribution is 2.13. The van der Waals surface area contributed by atoms with Crippen molar-refractivity contribution in [1.82, 2.24) is 15.2 Å². The fourth-order valence-electron chi connectivity index (χ4n) is 2.21. The molecule has 2 N–H and O–H groups in total. The molecule has 2 rings (SSSR count). The van der Waals surface area contributed by atoms with Gasteiger partial charge in [0.1, 0.15) is 5.69 Å². The van der Waals surface area contributed by atoms with Gasteiger partial charge in [-0.3, -0.25) is 4.79 Å². The Morgan fingerprint density at radius 3 is 2.94 bits per heavy atom. The Morgan fingerprint density at radius 1 is 1.59 bits per heavy atom. The number of aromatic nitrogens is 1. The summed E-state index contributed by atoms with van der Waals surface area (Å²) in [5.74, 6) is 0.126. The molecule has 0 radical (unpaired) electrons. The van der Waals surface area contributed by atoms with Crippen LogP contribution in [0.4, 0.5) is 0 Å². The second-order valence-electron chi connectivity index (χ2n) is 4.23. The lowest BCUT2D eigenvalue weighted by atomic mass is 10.2. The monoisotopic (exact) mass is 257 g/mol. The molecule has 1 amide bonds. The van der Waals surface area contributed by atoms with E-state index in [0.29, 0.717) is 11.7 Å². The molecule has 1 aliphatic heterocycles. The van der Waals surface area contributed by atoms with E-state index in [-0.39, 0.29) is 18.3 Å². The number of aromatic amines is 1. The fraction of sp³-hybridized carbons (Fsp3) is 0.583. The maximum Gasteiger partial charge on any atom is 0.270 e. The third kappa shape index (κ3) is 3.23. The van der Waals surface area contributed by atoms with Crippen molar-refractivity contribution in [3.05, 3.63) is 24.0 Å². The molecule has 1 atom stereocenters. The first-order valence-electron chi connectivity index (χ1n) is 5.98. The molecule has 0 bridgehead atoms. The van der Waals surface area contributed by atoms with Gasteiger partial charge in [-0.15, -0.1) is 12.4 Å². The molecule has 1 aromatic rings. The van der Waals surface area contributed by atoms with Gasteiger partial charge in [-0.1, -0.05) is 6.92 Å². The van der Waals surface area contributed by atoms with E-state index in [2.05, 4.69) is 17.2 Å². The zero-order chi connectivity index (χ0) is 11.4. The van der Waals surface area contributed by atoms with Crippen LogP contribution in [0.25, 0.3) is 0 Å². The summed E-state index contributed by atoms with van der Waals surface area (Å²) in [6, 6.07) is 4.06. The molecule has 1 saturated heterocycles. The lowest BCUT2D eigenvalue weighted by Crippen LogP contribution is -2.42. The van der Waals surface area contributed by atoms with Gasteiger partial charge in [0.05, 0.1) is 0 Å². The molecule has 1 fully saturated rings. The van der Waals surface area contributed by atoms with Crippen LogP contribution in [-0.4, -0.2) is 41.5 Å². The van der Waals surface area contributed by atoms with Gasteiger partial charge >= 0.3 is 0 Å². The summed E-state index contributed by atoms with van der Waals surface area (Å²) >= 11 is 0. The Balaban J connectivity index is 0.00000144. The zero-order valence-electron chi connectivity index (χ0n) is 10.1. The Kier molecular flexibility index (Phi) is 5.51. The number of nitrogens with zero attached hydrogens (tertiary/aromatic N) is 1. The zero-order valence-corrected chi connectivity index (χ0v) is 10.9. The average molecular weight is 258 g/mol. The number of hydrogen-bond donors (Lipinski definition) is 2. The molecular weight excluding hydrogens is 238 g/mol. The normalized spacial score (nSPS) is 18.8. The molecular formula is C12H20ClN3O. The topological polar surface area (TPSA) is 48.1 Å². The minimum atomic E-state index is 0. The number of H-pyrrole nitrogens is 1. The van der Waals surface area contributed by atoms with E-state index in [0.717, 1.165) is 32.5 Å². The van der Waals surface area contributed by atoms with Crippen molar-refractivity contribution in [1.29, 1.82) is 0 Å². The minimum absolute atomic E-state index is 0. The first-order valence-corrected chi connectivity index (χ1v) is 5.98. The van der Waals surface area contributed by atoms with Gasteiger partial charge in [0.25, 0.3) is 5.91 Å². The van der Waals surface area contributed by atoms with Crippen LogP contribution in [0.3, 0.4) is 0 Å². The first-order chi connectivity index (χ1) is 7.83. The van der Waals surface area contributed by atoms with Crippen molar-refractivity contribution >= 4 is 18.3 Å². The molecule has 0 spiro atoms. The number of carbonyl (C=O) groups is 1. The van der Waals surface area contributed by atoms with Gasteiger partial charge in [0.2, 0.25) is 0 Å². The van der Waals surface area contributed by atoms with Crippen LogP contribution >= 0.6 is 12.4 Å². The molecule has 4 nitrogen and oxygen atoms in total. The number of rotatable bonds is 4. The highest BCUT2D eigenvalue weighted by molar-refractivity contribution is 5.92. The smallest absolute Gasteiger partial charge is 0.270 e. The van der Waals surface area contributed by atoms with E-state index in [1.807, 2.05) is 17.0 Å². The van der Waals surface area contributed by atoms with Gasteiger partial charge in [-0.05, 0) is 31.5 Å². The Bertz CT molecular complexity index is 334. The fourth-order valence-corrected chi connectivity index (χ4v) is 2.21. The molecule has 5 heteroatoms. The third-order valence-corrected chi connectivity index (χ3v) is 3.03. The molecule has 0 saturated carbocycles. The second-order valence-corrected chi connectivity index (χ2v) is 4.23. The molecule has 2 heterocycles. The summed E-state index contributed by atoms with van der Waals surface area (Å²) in [6.45, 7) is 4.89. The minimum Gasteiger partial charge on any atom is -0.357 e. The largest absolute Gasteiger partial charge is 0.357 e. The van der Waals surface area contributed by atoms with E-state index in [1.165, 1.54) is 0 Å². The maximum atomic E-state index is 12.2. The predicted octanol–water partition coefficient (Wildman–Crippen LogP) is 1.65. The number of carbonyl (C=O) groups excluding carboxylic acids is 1. The SMILES string of the molecule is CCCN(C(=O)c1ccc[nH]1)C1CCNC1.Cl. The highest BCUT2D eigenvalue weighted by atomic mass is 35.5. The molecule has 17 heavy (non-hydrogen) atoms. The van der Waals surface area contributed by atoms with Crippen LogP contribution in [0.1, 0.15) is 30.3 Å². The Hall–Kier alpha value is -1.00. The van der Waals surface area contributed by atoms with Gasteiger partial charge in [-0.25, -0.2) is 0 Å². The summed E-state index contributed by atoms with van der Waals surface area (Å²) in [5, 5.41) is 3.31. The first kappa shape index (κ1) is 14.1. The van der Waals surface area contributed by atoms with E-state index >= 15 is 0 Å². The number of amides is 1. The average Bonchev–Trinajstić information content (AvgIpc) is 2.96. The van der Waals surface area contributed by atoms with Crippen molar-refractivity contribution in [2.45, 2.75) is 25.8 Å². The van der Waals surface area contributed by atoms with Crippen LogP contribution < -0.4 is 5.32 Å². The van der Waals surface area contributed by atoms with Crippen molar-refractivity contribution < 1.29 is 4.79 Å². The van der Waals surface area contributed by atoms with Crippen LogP contribution in [-0.2, 0) is 0 Å². The van der Waals surface area contributed by atoms with Crippen molar-refractivity contribution in [3.63, 3.8) is 0 Å². The lowest BCUT2D eigenvalue weighted by Gasteiger charge is -2.27. The van der Waals surface area contributed by atoms with Crippen LogP contribution in [0, 0.1) is 0 Å². The highest BCUT2D eigenvalue weighted by Gasteiger charge is 2.26. The predicted molar refractivity (Wildman–Crippen MR) is 70.6 cm³/mol. The third-order valence-electron chi connectivity index (χ3n) is 3.03. The standard InChI is InChI=1S/C12H19N3O.ClH/c1-2-8-15(10-5-7-13-9-10)12(16)11-4-3-6-14-11;/h3-4,6,10,13-14H,2,5,7-9H2,1H3;1H. The van der Waals surface area contributed by atoms with E-state index in [1.54, 1.807) is 6.20 Å². The summed E-state index contributed by atoms with van der Waals surface area (Å²) in [5.41, 5.74) is 0.695. The Labute approximate surface area is 108 Å². The van der Waals surface area contributed by atoms with Gasteiger partial charge in [0.15, 0.2) is 0 Å².